The van der Waals surface area contributed by atoms with Crippen LogP contribution in [0.2, 0.25) is 0 Å². The molecule has 2 aliphatic heterocycles. The molecule has 0 spiro atoms. The predicted octanol–water partition coefficient (Wildman–Crippen LogP) is 0.816. The minimum atomic E-state index is -3.43. The molecule has 118 valence electrons. The first-order valence-electron chi connectivity index (χ1n) is 7.35. The Bertz CT molecular complexity index is 611. The maximum absolute atomic E-state index is 12.5. The standard InChI is InChI=1S/C13H22N4O3S/c1-16(2)21(18,19)17-7-4-3-5-12(17)13-10-9-20-8-6-11(10)14-15-13/h12H,3-9H2,1-2H3,(H,14,15)/t12-/m0/s1. The Hall–Kier alpha value is -0.960. The van der Waals surface area contributed by atoms with Crippen LogP contribution in [0.3, 0.4) is 0 Å². The van der Waals surface area contributed by atoms with Crippen molar-refractivity contribution in [1.82, 2.24) is 18.8 Å². The van der Waals surface area contributed by atoms with Gasteiger partial charge in [0.2, 0.25) is 0 Å². The van der Waals surface area contributed by atoms with Crippen molar-refractivity contribution in [2.45, 2.75) is 38.3 Å². The van der Waals surface area contributed by atoms with Gasteiger partial charge in [0.05, 0.1) is 24.9 Å². The van der Waals surface area contributed by atoms with Crippen LogP contribution >= 0.6 is 0 Å². The van der Waals surface area contributed by atoms with Gasteiger partial charge in [-0.15, -0.1) is 0 Å². The smallest absolute Gasteiger partial charge is 0.282 e. The van der Waals surface area contributed by atoms with Crippen LogP contribution in [0.1, 0.15) is 42.3 Å². The summed E-state index contributed by atoms with van der Waals surface area (Å²) in [5.41, 5.74) is 2.98. The van der Waals surface area contributed by atoms with E-state index in [0.29, 0.717) is 19.8 Å². The summed E-state index contributed by atoms with van der Waals surface area (Å²) in [6.07, 6.45) is 3.54. The number of hydrogen-bond donors (Lipinski definition) is 1. The molecule has 0 bridgehead atoms. The van der Waals surface area contributed by atoms with E-state index in [9.17, 15) is 8.42 Å². The molecule has 8 heteroatoms. The van der Waals surface area contributed by atoms with Crippen LogP contribution in [0.5, 0.6) is 0 Å². The average molecular weight is 314 g/mol. The zero-order valence-corrected chi connectivity index (χ0v) is 13.3. The summed E-state index contributed by atoms with van der Waals surface area (Å²) in [6, 6.07) is -0.187. The Morgan fingerprint density at radius 2 is 2.19 bits per heavy atom. The number of aromatic nitrogens is 2. The summed E-state index contributed by atoms with van der Waals surface area (Å²) in [5, 5.41) is 7.47. The maximum Gasteiger partial charge on any atom is 0.282 e. The van der Waals surface area contributed by atoms with E-state index in [4.69, 9.17) is 4.74 Å². The lowest BCUT2D eigenvalue weighted by Crippen LogP contribution is -2.45. The van der Waals surface area contributed by atoms with Crippen molar-refractivity contribution < 1.29 is 13.2 Å². The first-order chi connectivity index (χ1) is 10.0. The van der Waals surface area contributed by atoms with Crippen molar-refractivity contribution in [3.8, 4) is 0 Å². The zero-order valence-electron chi connectivity index (χ0n) is 12.5. The number of aromatic amines is 1. The second-order valence-corrected chi connectivity index (χ2v) is 7.88. The number of nitrogens with zero attached hydrogens (tertiary/aromatic N) is 3. The summed E-state index contributed by atoms with van der Waals surface area (Å²) >= 11 is 0. The molecule has 1 aromatic heterocycles. The van der Waals surface area contributed by atoms with Gasteiger partial charge in [0.15, 0.2) is 0 Å². The molecule has 3 rings (SSSR count). The third-order valence-electron chi connectivity index (χ3n) is 4.25. The highest BCUT2D eigenvalue weighted by molar-refractivity contribution is 7.86. The van der Waals surface area contributed by atoms with Crippen LogP contribution in [0, 0.1) is 0 Å². The van der Waals surface area contributed by atoms with Crippen LogP contribution in [-0.4, -0.2) is 54.5 Å². The quantitative estimate of drug-likeness (QED) is 0.896. The molecule has 1 saturated heterocycles. The highest BCUT2D eigenvalue weighted by Crippen LogP contribution is 2.36. The van der Waals surface area contributed by atoms with Crippen molar-refractivity contribution in [3.05, 3.63) is 17.0 Å². The Morgan fingerprint density at radius 1 is 1.38 bits per heavy atom. The SMILES string of the molecule is CN(C)S(=O)(=O)N1CCCC[C@H]1c1n[nH]c2c1COCC2. The van der Waals surface area contributed by atoms with Crippen molar-refractivity contribution in [1.29, 1.82) is 0 Å². The van der Waals surface area contributed by atoms with Crippen LogP contribution < -0.4 is 0 Å². The number of ether oxygens (including phenoxy) is 1. The van der Waals surface area contributed by atoms with E-state index in [-0.39, 0.29) is 6.04 Å². The summed E-state index contributed by atoms with van der Waals surface area (Å²) in [5.74, 6) is 0. The topological polar surface area (TPSA) is 78.5 Å². The maximum atomic E-state index is 12.5. The minimum Gasteiger partial charge on any atom is -0.376 e. The largest absolute Gasteiger partial charge is 0.376 e. The molecule has 0 unspecified atom stereocenters. The zero-order chi connectivity index (χ0) is 15.0. The van der Waals surface area contributed by atoms with Crippen LogP contribution in [0.15, 0.2) is 0 Å². The fraction of sp³-hybridized carbons (Fsp3) is 0.769. The molecular formula is C13H22N4O3S. The molecule has 1 atom stereocenters. The molecule has 2 aliphatic rings. The number of rotatable bonds is 3. The number of nitrogens with one attached hydrogen (secondary N) is 1. The Morgan fingerprint density at radius 3 is 2.95 bits per heavy atom. The number of piperidine rings is 1. The normalized spacial score (nSPS) is 24.2. The molecule has 0 aliphatic carbocycles. The van der Waals surface area contributed by atoms with E-state index in [0.717, 1.165) is 42.6 Å². The van der Waals surface area contributed by atoms with Gasteiger partial charge in [-0.1, -0.05) is 6.42 Å². The lowest BCUT2D eigenvalue weighted by atomic mass is 9.97. The van der Waals surface area contributed by atoms with Crippen LogP contribution in [-0.2, 0) is 28.0 Å². The molecule has 1 N–H and O–H groups in total. The fourth-order valence-electron chi connectivity index (χ4n) is 3.07. The number of H-pyrrole nitrogens is 1. The molecule has 0 saturated carbocycles. The number of fused-ring (bicyclic) bond motifs is 1. The van der Waals surface area contributed by atoms with Crippen LogP contribution in [0.4, 0.5) is 0 Å². The molecule has 0 radical (unpaired) electrons. The molecule has 3 heterocycles. The van der Waals surface area contributed by atoms with E-state index in [1.165, 1.54) is 4.31 Å². The molecule has 0 aromatic carbocycles. The second kappa shape index (κ2) is 5.68. The van der Waals surface area contributed by atoms with Gasteiger partial charge in [0.1, 0.15) is 0 Å². The van der Waals surface area contributed by atoms with Gasteiger partial charge in [-0.2, -0.15) is 22.1 Å². The summed E-state index contributed by atoms with van der Waals surface area (Å²) < 4.78 is 33.5. The van der Waals surface area contributed by atoms with E-state index in [2.05, 4.69) is 10.2 Å². The van der Waals surface area contributed by atoms with Gasteiger partial charge in [-0.05, 0) is 12.8 Å². The van der Waals surface area contributed by atoms with Crippen molar-refractivity contribution in [2.24, 2.45) is 0 Å². The third kappa shape index (κ3) is 2.61. The van der Waals surface area contributed by atoms with E-state index >= 15 is 0 Å². The second-order valence-electron chi connectivity index (χ2n) is 5.78. The lowest BCUT2D eigenvalue weighted by Gasteiger charge is -2.35. The molecule has 7 nitrogen and oxygen atoms in total. The summed E-state index contributed by atoms with van der Waals surface area (Å²) in [6.45, 7) is 1.76. The average Bonchev–Trinajstić information content (AvgIpc) is 2.91. The molecule has 0 amide bonds. The Labute approximate surface area is 125 Å². The first kappa shape index (κ1) is 15.0. The highest BCUT2D eigenvalue weighted by atomic mass is 32.2. The molecule has 1 aromatic rings. The first-order valence-corrected chi connectivity index (χ1v) is 8.74. The Balaban J connectivity index is 1.97. The van der Waals surface area contributed by atoms with Gasteiger partial charge in [0, 0.05) is 38.3 Å². The molecule has 1 fully saturated rings. The number of hydrogen-bond acceptors (Lipinski definition) is 4. The molecular weight excluding hydrogens is 292 g/mol. The van der Waals surface area contributed by atoms with Crippen molar-refractivity contribution >= 4 is 10.2 Å². The van der Waals surface area contributed by atoms with Gasteiger partial charge in [-0.25, -0.2) is 0 Å². The minimum absolute atomic E-state index is 0.187. The van der Waals surface area contributed by atoms with Crippen LogP contribution in [0.25, 0.3) is 0 Å². The van der Waals surface area contributed by atoms with Crippen molar-refractivity contribution in [3.63, 3.8) is 0 Å². The monoisotopic (exact) mass is 314 g/mol. The molecule has 21 heavy (non-hydrogen) atoms. The van der Waals surface area contributed by atoms with Crippen molar-refractivity contribution in [2.75, 3.05) is 27.2 Å². The van der Waals surface area contributed by atoms with Gasteiger partial charge in [-0.3, -0.25) is 5.10 Å². The summed E-state index contributed by atoms with van der Waals surface area (Å²) in [7, 11) is -0.283. The van der Waals surface area contributed by atoms with E-state index in [1.54, 1.807) is 18.4 Å². The van der Waals surface area contributed by atoms with Gasteiger partial charge >= 0.3 is 0 Å². The lowest BCUT2D eigenvalue weighted by molar-refractivity contribution is 0.108. The third-order valence-corrected chi connectivity index (χ3v) is 6.21. The Kier molecular flexibility index (Phi) is 4.04. The van der Waals surface area contributed by atoms with E-state index < -0.39 is 10.2 Å². The highest BCUT2D eigenvalue weighted by Gasteiger charge is 2.37. The fourth-order valence-corrected chi connectivity index (χ4v) is 4.38. The van der Waals surface area contributed by atoms with Gasteiger partial charge < -0.3 is 4.74 Å². The van der Waals surface area contributed by atoms with E-state index in [1.807, 2.05) is 0 Å². The predicted molar refractivity (Wildman–Crippen MR) is 77.9 cm³/mol. The van der Waals surface area contributed by atoms with Gasteiger partial charge in [0.25, 0.3) is 10.2 Å². The summed E-state index contributed by atoms with van der Waals surface area (Å²) in [4.78, 5) is 0.